The van der Waals surface area contributed by atoms with E-state index in [-0.39, 0.29) is 11.3 Å². The van der Waals surface area contributed by atoms with Gasteiger partial charge in [0.1, 0.15) is 0 Å². The van der Waals surface area contributed by atoms with Crippen molar-refractivity contribution in [3.63, 3.8) is 0 Å². The highest BCUT2D eigenvalue weighted by Gasteiger charge is 2.40. The fraction of sp³-hybridized carbons (Fsp3) is 0.389. The highest BCUT2D eigenvalue weighted by molar-refractivity contribution is 5.98. The summed E-state index contributed by atoms with van der Waals surface area (Å²) >= 11 is 0. The number of anilines is 1. The number of amides is 1. The molecule has 21 heavy (non-hydrogen) atoms. The van der Waals surface area contributed by atoms with E-state index in [0.717, 1.165) is 43.4 Å². The second-order valence-corrected chi connectivity index (χ2v) is 5.97. The van der Waals surface area contributed by atoms with E-state index in [1.165, 1.54) is 5.39 Å². The van der Waals surface area contributed by atoms with Crippen LogP contribution in [0, 0.1) is 5.41 Å². The molecule has 2 N–H and O–H groups in total. The first-order valence-electron chi connectivity index (χ1n) is 7.74. The molecule has 3 rings (SSSR count). The minimum atomic E-state index is -0.236. The summed E-state index contributed by atoms with van der Waals surface area (Å²) in [6.45, 7) is 3.87. The molecule has 1 amide bonds. The standard InChI is InChI=1S/C18H22N2O/c1-2-9-18(10-11-19-13-18)17(21)20-16-8-7-14-5-3-4-6-15(14)12-16/h3-8,12,19H,2,9-11,13H2,1H3,(H,20,21). The zero-order chi connectivity index (χ0) is 14.7. The Hall–Kier alpha value is -1.87. The molecule has 0 radical (unpaired) electrons. The van der Waals surface area contributed by atoms with Crippen LogP contribution < -0.4 is 10.6 Å². The Morgan fingerprint density at radius 2 is 2.05 bits per heavy atom. The second kappa shape index (κ2) is 5.86. The van der Waals surface area contributed by atoms with E-state index in [2.05, 4.69) is 41.8 Å². The first-order chi connectivity index (χ1) is 10.2. The zero-order valence-electron chi connectivity index (χ0n) is 12.5. The van der Waals surface area contributed by atoms with Gasteiger partial charge in [0.05, 0.1) is 5.41 Å². The Bertz CT molecular complexity index is 644. The third-order valence-electron chi connectivity index (χ3n) is 4.46. The molecule has 2 aromatic rings. The number of benzene rings is 2. The highest BCUT2D eigenvalue weighted by Crippen LogP contribution is 2.33. The molecule has 110 valence electrons. The van der Waals surface area contributed by atoms with Crippen molar-refractivity contribution in [1.29, 1.82) is 0 Å². The summed E-state index contributed by atoms with van der Waals surface area (Å²) in [5.74, 6) is 0.157. The lowest BCUT2D eigenvalue weighted by Crippen LogP contribution is -2.38. The summed E-state index contributed by atoms with van der Waals surface area (Å²) in [6.07, 6.45) is 2.91. The fourth-order valence-electron chi connectivity index (χ4n) is 3.27. The van der Waals surface area contributed by atoms with E-state index in [4.69, 9.17) is 0 Å². The van der Waals surface area contributed by atoms with E-state index < -0.39 is 0 Å². The quantitative estimate of drug-likeness (QED) is 0.900. The maximum atomic E-state index is 12.7. The Kier molecular flexibility index (Phi) is 3.93. The molecular weight excluding hydrogens is 260 g/mol. The van der Waals surface area contributed by atoms with Crippen molar-refractivity contribution in [2.24, 2.45) is 5.41 Å². The summed E-state index contributed by atoms with van der Waals surface area (Å²) < 4.78 is 0. The zero-order valence-corrected chi connectivity index (χ0v) is 12.5. The van der Waals surface area contributed by atoms with Crippen molar-refractivity contribution in [1.82, 2.24) is 5.32 Å². The predicted molar refractivity (Wildman–Crippen MR) is 87.4 cm³/mol. The molecule has 1 fully saturated rings. The van der Waals surface area contributed by atoms with Crippen LogP contribution in [0.1, 0.15) is 26.2 Å². The van der Waals surface area contributed by atoms with E-state index >= 15 is 0 Å². The molecule has 3 nitrogen and oxygen atoms in total. The Labute approximate surface area is 125 Å². The Morgan fingerprint density at radius 3 is 2.76 bits per heavy atom. The van der Waals surface area contributed by atoms with Gasteiger partial charge < -0.3 is 10.6 Å². The Morgan fingerprint density at radius 1 is 1.24 bits per heavy atom. The molecule has 0 saturated carbocycles. The van der Waals surface area contributed by atoms with Crippen molar-refractivity contribution in [3.8, 4) is 0 Å². The molecule has 1 aliphatic rings. The van der Waals surface area contributed by atoms with Crippen LogP contribution >= 0.6 is 0 Å². The van der Waals surface area contributed by atoms with Gasteiger partial charge in [-0.2, -0.15) is 0 Å². The van der Waals surface area contributed by atoms with E-state index in [1.54, 1.807) is 0 Å². The first-order valence-corrected chi connectivity index (χ1v) is 7.74. The number of carbonyl (C=O) groups is 1. The lowest BCUT2D eigenvalue weighted by molar-refractivity contribution is -0.125. The topological polar surface area (TPSA) is 41.1 Å². The lowest BCUT2D eigenvalue weighted by atomic mass is 9.81. The van der Waals surface area contributed by atoms with Crippen LogP contribution in [0.4, 0.5) is 5.69 Å². The van der Waals surface area contributed by atoms with Crippen molar-refractivity contribution in [3.05, 3.63) is 42.5 Å². The molecular formula is C18H22N2O. The number of hydrogen-bond donors (Lipinski definition) is 2. The summed E-state index contributed by atoms with van der Waals surface area (Å²) in [5.41, 5.74) is 0.654. The smallest absolute Gasteiger partial charge is 0.231 e. The van der Waals surface area contributed by atoms with Gasteiger partial charge in [0.2, 0.25) is 5.91 Å². The van der Waals surface area contributed by atoms with Crippen LogP contribution in [-0.2, 0) is 4.79 Å². The lowest BCUT2D eigenvalue weighted by Gasteiger charge is -2.26. The molecule has 0 bridgehead atoms. The monoisotopic (exact) mass is 282 g/mol. The van der Waals surface area contributed by atoms with Gasteiger partial charge >= 0.3 is 0 Å². The normalized spacial score (nSPS) is 21.6. The molecule has 1 heterocycles. The van der Waals surface area contributed by atoms with Gasteiger partial charge in [0.15, 0.2) is 0 Å². The van der Waals surface area contributed by atoms with Crippen LogP contribution in [0.15, 0.2) is 42.5 Å². The van der Waals surface area contributed by atoms with Gasteiger partial charge in [-0.25, -0.2) is 0 Å². The third-order valence-corrected chi connectivity index (χ3v) is 4.46. The number of carbonyl (C=O) groups excluding carboxylic acids is 1. The second-order valence-electron chi connectivity index (χ2n) is 5.97. The largest absolute Gasteiger partial charge is 0.326 e. The predicted octanol–water partition coefficient (Wildman–Crippen LogP) is 3.56. The molecule has 3 heteroatoms. The molecule has 1 unspecified atom stereocenters. The maximum Gasteiger partial charge on any atom is 0.231 e. The molecule has 2 aromatic carbocycles. The fourth-order valence-corrected chi connectivity index (χ4v) is 3.27. The number of fused-ring (bicyclic) bond motifs is 1. The first kappa shape index (κ1) is 14.1. The number of nitrogens with one attached hydrogen (secondary N) is 2. The highest BCUT2D eigenvalue weighted by atomic mass is 16.2. The number of hydrogen-bond acceptors (Lipinski definition) is 2. The van der Waals surface area contributed by atoms with Gasteiger partial charge in [0.25, 0.3) is 0 Å². The summed E-state index contributed by atoms with van der Waals surface area (Å²) in [4.78, 5) is 12.7. The summed E-state index contributed by atoms with van der Waals surface area (Å²) in [6, 6.07) is 14.3. The van der Waals surface area contributed by atoms with E-state index in [0.29, 0.717) is 0 Å². The van der Waals surface area contributed by atoms with Gasteiger partial charge in [0, 0.05) is 12.2 Å². The van der Waals surface area contributed by atoms with Crippen molar-refractivity contribution >= 4 is 22.4 Å². The van der Waals surface area contributed by atoms with E-state index in [9.17, 15) is 4.79 Å². The maximum absolute atomic E-state index is 12.7. The molecule has 1 aliphatic heterocycles. The molecule has 1 atom stereocenters. The van der Waals surface area contributed by atoms with Crippen LogP contribution in [0.2, 0.25) is 0 Å². The van der Waals surface area contributed by atoms with Gasteiger partial charge in [-0.05, 0) is 42.3 Å². The van der Waals surface area contributed by atoms with Crippen molar-refractivity contribution in [2.75, 3.05) is 18.4 Å². The molecule has 0 aromatic heterocycles. The van der Waals surface area contributed by atoms with Crippen LogP contribution in [0.3, 0.4) is 0 Å². The summed E-state index contributed by atoms with van der Waals surface area (Å²) in [7, 11) is 0. The van der Waals surface area contributed by atoms with Gasteiger partial charge in [-0.15, -0.1) is 0 Å². The van der Waals surface area contributed by atoms with Gasteiger partial charge in [-0.1, -0.05) is 43.7 Å². The minimum Gasteiger partial charge on any atom is -0.326 e. The SMILES string of the molecule is CCCC1(C(=O)Nc2ccc3ccccc3c2)CCNC1. The average Bonchev–Trinajstić information content (AvgIpc) is 2.97. The molecule has 0 spiro atoms. The summed E-state index contributed by atoms with van der Waals surface area (Å²) in [5, 5.41) is 8.81. The van der Waals surface area contributed by atoms with Crippen LogP contribution in [0.25, 0.3) is 10.8 Å². The molecule has 1 saturated heterocycles. The molecule has 0 aliphatic carbocycles. The van der Waals surface area contributed by atoms with Crippen LogP contribution in [-0.4, -0.2) is 19.0 Å². The number of rotatable bonds is 4. The average molecular weight is 282 g/mol. The van der Waals surface area contributed by atoms with Crippen molar-refractivity contribution < 1.29 is 4.79 Å². The third kappa shape index (κ3) is 2.79. The minimum absolute atomic E-state index is 0.157. The van der Waals surface area contributed by atoms with E-state index in [1.807, 2.05) is 18.2 Å². The Balaban J connectivity index is 1.82. The van der Waals surface area contributed by atoms with Gasteiger partial charge in [-0.3, -0.25) is 4.79 Å². The van der Waals surface area contributed by atoms with Crippen molar-refractivity contribution in [2.45, 2.75) is 26.2 Å². The van der Waals surface area contributed by atoms with Crippen LogP contribution in [0.5, 0.6) is 0 Å².